The summed E-state index contributed by atoms with van der Waals surface area (Å²) >= 11 is 0. The zero-order chi connectivity index (χ0) is 20.6. The Labute approximate surface area is 172 Å². The smallest absolute Gasteiger partial charge is 0.251 e. The van der Waals surface area contributed by atoms with E-state index in [1.807, 2.05) is 0 Å². The van der Waals surface area contributed by atoms with E-state index in [9.17, 15) is 18.0 Å². The lowest BCUT2D eigenvalue weighted by atomic mass is 9.49. The molecule has 0 unspecified atom stereocenters. The maximum absolute atomic E-state index is 12.9. The number of hydrogen-bond donors (Lipinski definition) is 3. The fourth-order valence-electron chi connectivity index (χ4n) is 5.93. The van der Waals surface area contributed by atoms with Gasteiger partial charge in [-0.15, -0.1) is 0 Å². The van der Waals surface area contributed by atoms with Crippen LogP contribution >= 0.6 is 0 Å². The molecular weight excluding hydrogens is 390 g/mol. The Hall–Kier alpha value is -2.09. The number of hydrogen-bond acceptors (Lipinski definition) is 4. The van der Waals surface area contributed by atoms with Crippen LogP contribution in [0.1, 0.15) is 48.9 Å². The van der Waals surface area contributed by atoms with Crippen LogP contribution in [0.2, 0.25) is 0 Å². The van der Waals surface area contributed by atoms with E-state index in [0.29, 0.717) is 24.3 Å². The molecule has 3 N–H and O–H groups in total. The van der Waals surface area contributed by atoms with E-state index < -0.39 is 10.0 Å². The predicted molar refractivity (Wildman–Crippen MR) is 111 cm³/mol. The molecule has 4 saturated carbocycles. The largest absolute Gasteiger partial charge is 0.354 e. The van der Waals surface area contributed by atoms with Gasteiger partial charge in [0.2, 0.25) is 15.9 Å². The van der Waals surface area contributed by atoms with Crippen LogP contribution in [-0.4, -0.2) is 39.6 Å². The summed E-state index contributed by atoms with van der Waals surface area (Å²) in [5.74, 6) is 2.10. The molecule has 7 nitrogen and oxygen atoms in total. The maximum Gasteiger partial charge on any atom is 0.251 e. The van der Waals surface area contributed by atoms with Crippen LogP contribution in [0.25, 0.3) is 0 Å². The van der Waals surface area contributed by atoms with Crippen molar-refractivity contribution in [3.63, 3.8) is 0 Å². The van der Waals surface area contributed by atoms with Gasteiger partial charge >= 0.3 is 0 Å². The molecule has 0 spiro atoms. The van der Waals surface area contributed by atoms with Gasteiger partial charge in [-0.2, -0.15) is 0 Å². The number of sulfonamides is 1. The summed E-state index contributed by atoms with van der Waals surface area (Å²) in [7, 11) is -3.34. The van der Waals surface area contributed by atoms with Crippen molar-refractivity contribution in [2.45, 2.75) is 38.5 Å². The van der Waals surface area contributed by atoms with E-state index >= 15 is 0 Å². The normalized spacial score (nSPS) is 30.0. The van der Waals surface area contributed by atoms with E-state index in [2.05, 4.69) is 15.4 Å². The Kier molecular flexibility index (Phi) is 5.31. The fourth-order valence-corrected chi connectivity index (χ4v) is 6.50. The molecule has 1 aromatic rings. The first-order valence-electron chi connectivity index (χ1n) is 10.4. The first kappa shape index (κ1) is 20.2. The van der Waals surface area contributed by atoms with Crippen LogP contribution in [0.4, 0.5) is 5.69 Å². The molecule has 2 amide bonds. The third-order valence-electron chi connectivity index (χ3n) is 6.67. The quantitative estimate of drug-likeness (QED) is 0.589. The predicted octanol–water partition coefficient (Wildman–Crippen LogP) is 2.12. The third-order valence-corrected chi connectivity index (χ3v) is 7.27. The van der Waals surface area contributed by atoms with Gasteiger partial charge in [0.15, 0.2) is 0 Å². The molecule has 0 aliphatic heterocycles. The van der Waals surface area contributed by atoms with Crippen LogP contribution in [0, 0.1) is 23.2 Å². The lowest BCUT2D eigenvalue weighted by molar-refractivity contribution is -0.146. The van der Waals surface area contributed by atoms with E-state index in [1.165, 1.54) is 19.3 Å². The molecule has 29 heavy (non-hydrogen) atoms. The highest BCUT2D eigenvalue weighted by Crippen LogP contribution is 2.60. The number of carbonyl (C=O) groups excluding carboxylic acids is 2. The molecule has 158 valence electrons. The van der Waals surface area contributed by atoms with Crippen LogP contribution in [0.3, 0.4) is 0 Å². The highest BCUT2D eigenvalue weighted by molar-refractivity contribution is 7.92. The zero-order valence-corrected chi connectivity index (χ0v) is 17.6. The van der Waals surface area contributed by atoms with Crippen molar-refractivity contribution >= 4 is 27.5 Å². The first-order chi connectivity index (χ1) is 13.7. The summed E-state index contributed by atoms with van der Waals surface area (Å²) in [5, 5.41) is 5.85. The van der Waals surface area contributed by atoms with Gasteiger partial charge in [-0.25, -0.2) is 8.42 Å². The number of carbonyl (C=O) groups is 2. The van der Waals surface area contributed by atoms with Crippen LogP contribution < -0.4 is 15.4 Å². The van der Waals surface area contributed by atoms with Gasteiger partial charge in [-0.1, -0.05) is 0 Å². The van der Waals surface area contributed by atoms with Gasteiger partial charge in [0.1, 0.15) is 0 Å². The molecule has 1 aromatic carbocycles. The summed E-state index contributed by atoms with van der Waals surface area (Å²) < 4.78 is 24.8. The third kappa shape index (κ3) is 4.57. The Morgan fingerprint density at radius 2 is 1.45 bits per heavy atom. The Morgan fingerprint density at radius 3 is 1.97 bits per heavy atom. The minimum absolute atomic E-state index is 0.165. The van der Waals surface area contributed by atoms with Crippen LogP contribution in [0.5, 0.6) is 0 Å². The lowest BCUT2D eigenvalue weighted by Gasteiger charge is -2.55. The molecule has 0 saturated heterocycles. The summed E-state index contributed by atoms with van der Waals surface area (Å²) in [6, 6.07) is 6.23. The van der Waals surface area contributed by atoms with Crippen molar-refractivity contribution in [2.24, 2.45) is 23.2 Å². The van der Waals surface area contributed by atoms with Crippen molar-refractivity contribution < 1.29 is 18.0 Å². The average Bonchev–Trinajstić information content (AvgIpc) is 2.63. The van der Waals surface area contributed by atoms with Crippen molar-refractivity contribution in [2.75, 3.05) is 24.1 Å². The van der Waals surface area contributed by atoms with Gasteiger partial charge < -0.3 is 10.6 Å². The average molecular weight is 420 g/mol. The van der Waals surface area contributed by atoms with E-state index in [-0.39, 0.29) is 17.2 Å². The summed E-state index contributed by atoms with van der Waals surface area (Å²) in [5.41, 5.74) is 0.685. The zero-order valence-electron chi connectivity index (χ0n) is 16.7. The molecule has 4 aliphatic rings. The van der Waals surface area contributed by atoms with E-state index in [1.54, 1.807) is 24.3 Å². The number of amides is 2. The second kappa shape index (κ2) is 7.63. The molecule has 4 aliphatic carbocycles. The molecule has 4 fully saturated rings. The topological polar surface area (TPSA) is 104 Å². The molecule has 4 bridgehead atoms. The number of benzene rings is 1. The summed E-state index contributed by atoms with van der Waals surface area (Å²) in [4.78, 5) is 25.1. The molecule has 0 aromatic heterocycles. The lowest BCUT2D eigenvalue weighted by Crippen LogP contribution is -2.54. The minimum atomic E-state index is -3.34. The highest BCUT2D eigenvalue weighted by atomic mass is 32.2. The number of anilines is 1. The van der Waals surface area contributed by atoms with Gasteiger partial charge in [-0.3, -0.25) is 14.3 Å². The Morgan fingerprint density at radius 1 is 0.931 bits per heavy atom. The van der Waals surface area contributed by atoms with Crippen molar-refractivity contribution in [1.29, 1.82) is 0 Å². The SMILES string of the molecule is CS(=O)(=O)Nc1ccc(C(=O)NCCNC(=O)C23CC4CC(CC(C4)C2)C3)cc1. The number of rotatable bonds is 7. The van der Waals surface area contributed by atoms with Crippen LogP contribution in [0.15, 0.2) is 24.3 Å². The molecule has 8 heteroatoms. The maximum atomic E-state index is 12.9. The number of nitrogens with one attached hydrogen (secondary N) is 3. The van der Waals surface area contributed by atoms with Crippen molar-refractivity contribution in [1.82, 2.24) is 10.6 Å². The van der Waals surface area contributed by atoms with Crippen molar-refractivity contribution in [3.8, 4) is 0 Å². The second-order valence-electron chi connectivity index (χ2n) is 9.16. The Bertz CT molecular complexity index is 860. The Balaban J connectivity index is 1.23. The molecule has 0 radical (unpaired) electrons. The minimum Gasteiger partial charge on any atom is -0.354 e. The van der Waals surface area contributed by atoms with E-state index in [4.69, 9.17) is 0 Å². The van der Waals surface area contributed by atoms with Crippen molar-refractivity contribution in [3.05, 3.63) is 29.8 Å². The molecule has 5 rings (SSSR count). The van der Waals surface area contributed by atoms with Gasteiger partial charge in [0.05, 0.1) is 6.26 Å². The van der Waals surface area contributed by atoms with E-state index in [0.717, 1.165) is 43.3 Å². The summed E-state index contributed by atoms with van der Waals surface area (Å²) in [6.45, 7) is 0.778. The van der Waals surface area contributed by atoms with Gasteiger partial charge in [-0.05, 0) is 80.5 Å². The molecular formula is C21H29N3O4S. The van der Waals surface area contributed by atoms with Gasteiger partial charge in [0, 0.05) is 29.8 Å². The highest BCUT2D eigenvalue weighted by Gasteiger charge is 2.54. The monoisotopic (exact) mass is 419 g/mol. The summed E-state index contributed by atoms with van der Waals surface area (Å²) in [6.07, 6.45) is 8.09. The first-order valence-corrected chi connectivity index (χ1v) is 12.3. The molecule has 0 atom stereocenters. The van der Waals surface area contributed by atoms with Gasteiger partial charge in [0.25, 0.3) is 5.91 Å². The second-order valence-corrected chi connectivity index (χ2v) is 10.9. The van der Waals surface area contributed by atoms with Crippen LogP contribution in [-0.2, 0) is 14.8 Å². The standard InChI is InChI=1S/C21H29N3O4S/c1-29(27,28)24-18-4-2-17(3-5-18)19(25)22-6-7-23-20(26)21-11-14-8-15(12-21)10-16(9-14)13-21/h2-5,14-16,24H,6-13H2,1H3,(H,22,25)(H,23,26). The fraction of sp³-hybridized carbons (Fsp3) is 0.619. The molecule has 0 heterocycles.